The van der Waals surface area contributed by atoms with E-state index in [9.17, 15) is 0 Å². The lowest BCUT2D eigenvalue weighted by atomic mass is 10.3. The smallest absolute Gasteiger partial charge is 0.215 e. The third-order valence-electron chi connectivity index (χ3n) is 2.81. The molecule has 0 aromatic heterocycles. The fourth-order valence-corrected chi connectivity index (χ4v) is 1.36. The minimum absolute atomic E-state index is 1.27. The van der Waals surface area contributed by atoms with Gasteiger partial charge >= 0.3 is 0 Å². The van der Waals surface area contributed by atoms with Crippen LogP contribution in [-0.4, -0.2) is 73.7 Å². The van der Waals surface area contributed by atoms with Gasteiger partial charge in [-0.1, -0.05) is 0 Å². The van der Waals surface area contributed by atoms with Gasteiger partial charge in [0.05, 0.1) is 26.7 Å². The van der Waals surface area contributed by atoms with Gasteiger partial charge in [-0.15, -0.1) is 0 Å². The Balaban J connectivity index is 0.000000336. The van der Waals surface area contributed by atoms with Gasteiger partial charge < -0.3 is 9.04 Å². The van der Waals surface area contributed by atoms with Crippen LogP contribution in [0.3, 0.4) is 0 Å². The standard InChI is InChI=1S/C8H19N2.H2O4S/c1-4-10(3)7-5-9(2)6-8-10;1-5(2,3)4/h4-8H2,1-3H3;(H2,1,2,3,4)/q+1;/p-1. The van der Waals surface area contributed by atoms with Crippen molar-refractivity contribution >= 4 is 10.4 Å². The zero-order valence-corrected chi connectivity index (χ0v) is 10.3. The number of rotatable bonds is 1. The van der Waals surface area contributed by atoms with Gasteiger partial charge in [0.25, 0.3) is 0 Å². The second-order valence-corrected chi connectivity index (χ2v) is 4.97. The quantitative estimate of drug-likeness (QED) is 0.376. The predicted molar refractivity (Wildman–Crippen MR) is 56.3 cm³/mol. The summed E-state index contributed by atoms with van der Waals surface area (Å²) in [5, 5.41) is 0. The van der Waals surface area contributed by atoms with E-state index in [1.165, 1.54) is 37.2 Å². The molecule has 1 aliphatic rings. The van der Waals surface area contributed by atoms with Crippen molar-refractivity contribution in [2.75, 3.05) is 46.8 Å². The first-order valence-electron chi connectivity index (χ1n) is 4.87. The minimum atomic E-state index is -4.92. The van der Waals surface area contributed by atoms with Crippen molar-refractivity contribution in [1.82, 2.24) is 4.90 Å². The topological polar surface area (TPSA) is 80.7 Å². The largest absolute Gasteiger partial charge is 0.726 e. The summed E-state index contributed by atoms with van der Waals surface area (Å²) in [4.78, 5) is 2.41. The van der Waals surface area contributed by atoms with Crippen LogP contribution in [0, 0.1) is 0 Å². The van der Waals surface area contributed by atoms with Gasteiger partial charge in [0.2, 0.25) is 10.4 Å². The van der Waals surface area contributed by atoms with Gasteiger partial charge in [0, 0.05) is 13.1 Å². The van der Waals surface area contributed by atoms with E-state index in [2.05, 4.69) is 25.9 Å². The van der Waals surface area contributed by atoms with E-state index in [1.54, 1.807) is 0 Å². The molecule has 0 amide bonds. The summed E-state index contributed by atoms with van der Waals surface area (Å²) in [7, 11) is -0.355. The summed E-state index contributed by atoms with van der Waals surface area (Å²) in [6, 6.07) is 0. The summed E-state index contributed by atoms with van der Waals surface area (Å²) in [6.45, 7) is 8.76. The number of hydrogen-bond acceptors (Lipinski definition) is 4. The second kappa shape index (κ2) is 5.76. The van der Waals surface area contributed by atoms with Crippen LogP contribution in [0.4, 0.5) is 0 Å². The summed E-state index contributed by atoms with van der Waals surface area (Å²) in [6.07, 6.45) is 0. The Morgan fingerprint density at radius 2 is 1.73 bits per heavy atom. The Morgan fingerprint density at radius 3 is 2.00 bits per heavy atom. The van der Waals surface area contributed by atoms with Crippen molar-refractivity contribution in [1.29, 1.82) is 0 Å². The highest BCUT2D eigenvalue weighted by Gasteiger charge is 2.24. The third kappa shape index (κ3) is 8.76. The van der Waals surface area contributed by atoms with E-state index in [-0.39, 0.29) is 0 Å². The molecular weight excluding hydrogens is 220 g/mol. The normalized spacial score (nSPS) is 21.7. The van der Waals surface area contributed by atoms with Gasteiger partial charge in [0.1, 0.15) is 0 Å². The maximum Gasteiger partial charge on any atom is 0.215 e. The maximum absolute atomic E-state index is 8.63. The van der Waals surface area contributed by atoms with Crippen LogP contribution in [0.1, 0.15) is 6.92 Å². The fourth-order valence-electron chi connectivity index (χ4n) is 1.36. The first kappa shape index (κ1) is 14.8. The van der Waals surface area contributed by atoms with Crippen molar-refractivity contribution in [3.63, 3.8) is 0 Å². The Kier molecular flexibility index (Phi) is 5.68. The third-order valence-corrected chi connectivity index (χ3v) is 2.81. The van der Waals surface area contributed by atoms with E-state index >= 15 is 0 Å². The van der Waals surface area contributed by atoms with E-state index < -0.39 is 10.4 Å². The molecule has 6 nitrogen and oxygen atoms in total. The monoisotopic (exact) mass is 240 g/mol. The minimum Gasteiger partial charge on any atom is -0.726 e. The molecule has 0 aromatic carbocycles. The van der Waals surface area contributed by atoms with Crippen LogP contribution < -0.4 is 0 Å². The van der Waals surface area contributed by atoms with Crippen molar-refractivity contribution in [2.45, 2.75) is 6.92 Å². The van der Waals surface area contributed by atoms with Gasteiger partial charge in [-0.3, -0.25) is 9.45 Å². The van der Waals surface area contributed by atoms with Gasteiger partial charge in [0.15, 0.2) is 0 Å². The first-order valence-corrected chi connectivity index (χ1v) is 6.23. The number of piperazine rings is 1. The molecule has 0 aromatic rings. The van der Waals surface area contributed by atoms with Crippen molar-refractivity contribution in [3.8, 4) is 0 Å². The van der Waals surface area contributed by atoms with Crippen LogP contribution in [0.5, 0.6) is 0 Å². The Morgan fingerprint density at radius 1 is 1.40 bits per heavy atom. The summed E-state index contributed by atoms with van der Waals surface area (Å²) >= 11 is 0. The maximum atomic E-state index is 8.63. The summed E-state index contributed by atoms with van der Waals surface area (Å²) in [5.41, 5.74) is 0. The fraction of sp³-hybridized carbons (Fsp3) is 1.00. The number of quaternary nitrogens is 1. The van der Waals surface area contributed by atoms with Crippen LogP contribution in [0.25, 0.3) is 0 Å². The lowest BCUT2D eigenvalue weighted by Gasteiger charge is -2.40. The molecule has 0 spiro atoms. The molecular formula is C8H20N2O4S. The van der Waals surface area contributed by atoms with Crippen LogP contribution in [0.15, 0.2) is 0 Å². The first-order chi connectivity index (χ1) is 6.66. The molecule has 1 N–H and O–H groups in total. The lowest BCUT2D eigenvalue weighted by Crippen LogP contribution is -2.56. The molecule has 1 heterocycles. The van der Waals surface area contributed by atoms with Gasteiger partial charge in [-0.2, -0.15) is 0 Å². The summed E-state index contributed by atoms with van der Waals surface area (Å²) in [5.74, 6) is 0. The molecule has 0 unspecified atom stereocenters. The highest BCUT2D eigenvalue weighted by molar-refractivity contribution is 7.79. The molecule has 1 fully saturated rings. The number of nitrogens with zero attached hydrogens (tertiary/aromatic N) is 2. The van der Waals surface area contributed by atoms with E-state index in [1.807, 2.05) is 0 Å². The molecule has 1 saturated heterocycles. The molecule has 7 heteroatoms. The zero-order valence-electron chi connectivity index (χ0n) is 9.51. The molecule has 1 aliphatic heterocycles. The van der Waals surface area contributed by atoms with Crippen LogP contribution >= 0.6 is 0 Å². The molecule has 15 heavy (non-hydrogen) atoms. The van der Waals surface area contributed by atoms with E-state index in [0.29, 0.717) is 0 Å². The average molecular weight is 240 g/mol. The molecule has 0 saturated carbocycles. The van der Waals surface area contributed by atoms with Crippen molar-refractivity contribution < 1.29 is 22.0 Å². The molecule has 92 valence electrons. The van der Waals surface area contributed by atoms with Crippen LogP contribution in [0.2, 0.25) is 0 Å². The van der Waals surface area contributed by atoms with Crippen LogP contribution in [-0.2, 0) is 10.4 Å². The average Bonchev–Trinajstić information content (AvgIpc) is 2.08. The highest BCUT2D eigenvalue weighted by Crippen LogP contribution is 2.06. The predicted octanol–water partition coefficient (Wildman–Crippen LogP) is -0.597. The van der Waals surface area contributed by atoms with Crippen molar-refractivity contribution in [2.24, 2.45) is 0 Å². The molecule has 0 atom stereocenters. The lowest BCUT2D eigenvalue weighted by molar-refractivity contribution is -0.911. The van der Waals surface area contributed by atoms with E-state index in [0.717, 1.165) is 0 Å². The zero-order chi connectivity index (χ0) is 12.1. The number of likely N-dealkylation sites (N-methyl/N-ethyl adjacent to an activating group) is 2. The molecule has 0 aliphatic carbocycles. The molecule has 0 bridgehead atoms. The number of hydrogen-bond donors (Lipinski definition) is 1. The van der Waals surface area contributed by atoms with Gasteiger partial charge in [-0.05, 0) is 14.0 Å². The van der Waals surface area contributed by atoms with Crippen molar-refractivity contribution in [3.05, 3.63) is 0 Å². The Hall–Kier alpha value is -0.210. The molecule has 1 rings (SSSR count). The summed E-state index contributed by atoms with van der Waals surface area (Å²) < 4.78 is 34.1. The Bertz CT molecular complexity index is 262. The highest BCUT2D eigenvalue weighted by atomic mass is 32.3. The Labute approximate surface area is 91.7 Å². The van der Waals surface area contributed by atoms with Gasteiger partial charge in [-0.25, -0.2) is 8.42 Å². The molecule has 0 radical (unpaired) electrons. The second-order valence-electron chi connectivity index (χ2n) is 4.11. The van der Waals surface area contributed by atoms with E-state index in [4.69, 9.17) is 17.5 Å². The SMILES string of the molecule is CC[N+]1(C)CCN(C)CC1.O=S(=O)([O-])O.